The molecule has 8 heteroatoms. The van der Waals surface area contributed by atoms with Crippen molar-refractivity contribution in [3.05, 3.63) is 46.7 Å². The van der Waals surface area contributed by atoms with Gasteiger partial charge in [-0.3, -0.25) is 9.59 Å². The highest BCUT2D eigenvalue weighted by atomic mass is 35.5. The lowest BCUT2D eigenvalue weighted by Gasteiger charge is -2.34. The van der Waals surface area contributed by atoms with E-state index in [2.05, 4.69) is 15.3 Å². The normalized spacial score (nSPS) is 14.3. The number of aromatic nitrogens is 2. The van der Waals surface area contributed by atoms with E-state index in [-0.39, 0.29) is 11.8 Å². The van der Waals surface area contributed by atoms with E-state index in [1.165, 1.54) is 12.4 Å². The van der Waals surface area contributed by atoms with Crippen LogP contribution in [0, 0.1) is 6.92 Å². The number of hydrogen-bond donors (Lipinski definition) is 1. The van der Waals surface area contributed by atoms with Gasteiger partial charge in [0.15, 0.2) is 0 Å². The SMILES string of the molecule is CC(=O)N1CCN(C(=O)c2cnc(Nc3cccc(Cl)c3C)nc2)CC1. The third-order valence-electron chi connectivity index (χ3n) is 4.43. The highest BCUT2D eigenvalue weighted by Gasteiger charge is 2.23. The Bertz CT molecular complexity index is 817. The Balaban J connectivity index is 1.65. The zero-order valence-corrected chi connectivity index (χ0v) is 15.5. The first-order chi connectivity index (χ1) is 12.5. The molecule has 0 bridgehead atoms. The van der Waals surface area contributed by atoms with Crippen LogP contribution in [0.15, 0.2) is 30.6 Å². The number of anilines is 2. The second-order valence-corrected chi connectivity index (χ2v) is 6.54. The zero-order valence-electron chi connectivity index (χ0n) is 14.7. The molecule has 1 aliphatic heterocycles. The molecule has 1 aromatic heterocycles. The highest BCUT2D eigenvalue weighted by Crippen LogP contribution is 2.24. The topological polar surface area (TPSA) is 78.4 Å². The van der Waals surface area contributed by atoms with Gasteiger partial charge >= 0.3 is 0 Å². The molecule has 1 saturated heterocycles. The van der Waals surface area contributed by atoms with Crippen LogP contribution in [0.4, 0.5) is 11.6 Å². The van der Waals surface area contributed by atoms with Gasteiger partial charge < -0.3 is 15.1 Å². The maximum absolute atomic E-state index is 12.5. The predicted molar refractivity (Wildman–Crippen MR) is 99.7 cm³/mol. The van der Waals surface area contributed by atoms with Gasteiger partial charge in [-0.15, -0.1) is 0 Å². The van der Waals surface area contributed by atoms with Gasteiger partial charge in [-0.25, -0.2) is 9.97 Å². The fourth-order valence-corrected chi connectivity index (χ4v) is 2.95. The van der Waals surface area contributed by atoms with Crippen molar-refractivity contribution in [2.75, 3.05) is 31.5 Å². The maximum Gasteiger partial charge on any atom is 0.257 e. The summed E-state index contributed by atoms with van der Waals surface area (Å²) in [5.41, 5.74) is 2.15. The molecule has 2 amide bonds. The van der Waals surface area contributed by atoms with E-state index < -0.39 is 0 Å². The largest absolute Gasteiger partial charge is 0.339 e. The molecule has 2 heterocycles. The lowest BCUT2D eigenvalue weighted by molar-refractivity contribution is -0.130. The van der Waals surface area contributed by atoms with Crippen molar-refractivity contribution in [1.29, 1.82) is 0 Å². The molecule has 0 saturated carbocycles. The van der Waals surface area contributed by atoms with Crippen molar-refractivity contribution >= 4 is 35.1 Å². The van der Waals surface area contributed by atoms with E-state index in [9.17, 15) is 9.59 Å². The predicted octanol–water partition coefficient (Wildman–Crippen LogP) is 2.49. The average molecular weight is 374 g/mol. The van der Waals surface area contributed by atoms with Gasteiger partial charge in [0, 0.05) is 56.2 Å². The lowest BCUT2D eigenvalue weighted by atomic mass is 10.2. The Hall–Kier alpha value is -2.67. The molecule has 2 aromatic rings. The molecule has 1 aliphatic rings. The van der Waals surface area contributed by atoms with Crippen molar-refractivity contribution < 1.29 is 9.59 Å². The summed E-state index contributed by atoms with van der Waals surface area (Å²) in [5.74, 6) is 0.305. The maximum atomic E-state index is 12.5. The zero-order chi connectivity index (χ0) is 18.7. The number of halogens is 1. The standard InChI is InChI=1S/C18H20ClN5O2/c1-12-15(19)4-3-5-16(12)22-18-20-10-14(11-21-18)17(26)24-8-6-23(7-9-24)13(2)25/h3-5,10-11H,6-9H2,1-2H3,(H,20,21,22). The molecule has 0 atom stereocenters. The van der Waals surface area contributed by atoms with Gasteiger partial charge in [0.25, 0.3) is 5.91 Å². The van der Waals surface area contributed by atoms with Gasteiger partial charge in [0.2, 0.25) is 11.9 Å². The van der Waals surface area contributed by atoms with Gasteiger partial charge in [-0.2, -0.15) is 0 Å². The van der Waals surface area contributed by atoms with Crippen molar-refractivity contribution in [2.45, 2.75) is 13.8 Å². The van der Waals surface area contributed by atoms with E-state index in [0.717, 1.165) is 11.3 Å². The first-order valence-corrected chi connectivity index (χ1v) is 8.72. The summed E-state index contributed by atoms with van der Waals surface area (Å²) in [4.78, 5) is 35.8. The van der Waals surface area contributed by atoms with Crippen molar-refractivity contribution in [3.8, 4) is 0 Å². The fourth-order valence-electron chi connectivity index (χ4n) is 2.77. The summed E-state index contributed by atoms with van der Waals surface area (Å²) in [6.45, 7) is 5.58. The van der Waals surface area contributed by atoms with Gasteiger partial charge in [0.1, 0.15) is 0 Å². The smallest absolute Gasteiger partial charge is 0.257 e. The summed E-state index contributed by atoms with van der Waals surface area (Å²) in [5, 5.41) is 3.76. The van der Waals surface area contributed by atoms with E-state index in [1.807, 2.05) is 25.1 Å². The second kappa shape index (κ2) is 7.70. The van der Waals surface area contributed by atoms with Gasteiger partial charge in [-0.05, 0) is 24.6 Å². The number of benzene rings is 1. The van der Waals surface area contributed by atoms with Crippen LogP contribution in [0.25, 0.3) is 0 Å². The third-order valence-corrected chi connectivity index (χ3v) is 4.83. The number of piperazine rings is 1. The van der Waals surface area contributed by atoms with Gasteiger partial charge in [-0.1, -0.05) is 17.7 Å². The van der Waals surface area contributed by atoms with Crippen molar-refractivity contribution in [1.82, 2.24) is 19.8 Å². The van der Waals surface area contributed by atoms with Crippen LogP contribution in [-0.2, 0) is 4.79 Å². The number of amides is 2. The number of carbonyl (C=O) groups excluding carboxylic acids is 2. The van der Waals surface area contributed by atoms with E-state index >= 15 is 0 Å². The van der Waals surface area contributed by atoms with Crippen LogP contribution in [0.3, 0.4) is 0 Å². The molecule has 26 heavy (non-hydrogen) atoms. The van der Waals surface area contributed by atoms with Crippen LogP contribution >= 0.6 is 11.6 Å². The third kappa shape index (κ3) is 3.94. The molecule has 0 spiro atoms. The molecule has 1 fully saturated rings. The lowest BCUT2D eigenvalue weighted by Crippen LogP contribution is -2.50. The van der Waals surface area contributed by atoms with E-state index in [4.69, 9.17) is 11.6 Å². The Morgan fingerprint density at radius 1 is 1.08 bits per heavy atom. The fraction of sp³-hybridized carbons (Fsp3) is 0.333. The molecule has 0 unspecified atom stereocenters. The number of carbonyl (C=O) groups is 2. The average Bonchev–Trinajstić information content (AvgIpc) is 2.65. The molecular weight excluding hydrogens is 354 g/mol. The Labute approximate surface area is 157 Å². The Morgan fingerprint density at radius 2 is 1.69 bits per heavy atom. The van der Waals surface area contributed by atoms with E-state index in [1.54, 1.807) is 16.7 Å². The molecule has 1 aromatic carbocycles. The number of hydrogen-bond acceptors (Lipinski definition) is 5. The molecule has 1 N–H and O–H groups in total. The second-order valence-electron chi connectivity index (χ2n) is 6.13. The minimum atomic E-state index is -0.126. The minimum absolute atomic E-state index is 0.0344. The van der Waals surface area contributed by atoms with Gasteiger partial charge in [0.05, 0.1) is 5.56 Å². The molecule has 0 radical (unpaired) electrons. The number of nitrogens with zero attached hydrogens (tertiary/aromatic N) is 4. The molecular formula is C18H20ClN5O2. The van der Waals surface area contributed by atoms with Crippen molar-refractivity contribution in [2.24, 2.45) is 0 Å². The van der Waals surface area contributed by atoms with Crippen LogP contribution in [0.2, 0.25) is 5.02 Å². The monoisotopic (exact) mass is 373 g/mol. The molecule has 136 valence electrons. The number of nitrogens with one attached hydrogen (secondary N) is 1. The summed E-state index contributed by atoms with van der Waals surface area (Å²) in [6, 6.07) is 5.55. The van der Waals surface area contributed by atoms with Crippen LogP contribution < -0.4 is 5.32 Å². The summed E-state index contributed by atoms with van der Waals surface area (Å²) in [7, 11) is 0. The Morgan fingerprint density at radius 3 is 2.31 bits per heavy atom. The van der Waals surface area contributed by atoms with E-state index in [0.29, 0.717) is 42.7 Å². The van der Waals surface area contributed by atoms with Crippen LogP contribution in [0.5, 0.6) is 0 Å². The summed E-state index contributed by atoms with van der Waals surface area (Å²) in [6.07, 6.45) is 3.02. The minimum Gasteiger partial charge on any atom is -0.339 e. The number of rotatable bonds is 3. The first kappa shape index (κ1) is 18.1. The summed E-state index contributed by atoms with van der Waals surface area (Å²) >= 11 is 6.11. The van der Waals surface area contributed by atoms with Crippen LogP contribution in [-0.4, -0.2) is 57.8 Å². The molecule has 3 rings (SSSR count). The quantitative estimate of drug-likeness (QED) is 0.894. The van der Waals surface area contributed by atoms with Crippen LogP contribution in [0.1, 0.15) is 22.8 Å². The first-order valence-electron chi connectivity index (χ1n) is 8.34. The Kier molecular flexibility index (Phi) is 5.37. The summed E-state index contributed by atoms with van der Waals surface area (Å²) < 4.78 is 0. The molecule has 7 nitrogen and oxygen atoms in total. The van der Waals surface area contributed by atoms with Crippen molar-refractivity contribution in [3.63, 3.8) is 0 Å². The molecule has 0 aliphatic carbocycles. The highest BCUT2D eigenvalue weighted by molar-refractivity contribution is 6.31.